The SMILES string of the molecule is CN1CCOc2nc3nsnc3nc21. The van der Waals surface area contributed by atoms with Crippen molar-refractivity contribution in [2.75, 3.05) is 25.1 Å². The summed E-state index contributed by atoms with van der Waals surface area (Å²) >= 11 is 1.11. The van der Waals surface area contributed by atoms with Crippen LogP contribution in [0.3, 0.4) is 0 Å². The number of anilines is 1. The van der Waals surface area contributed by atoms with Gasteiger partial charge in [0.2, 0.25) is 11.3 Å². The molecule has 0 saturated carbocycles. The first-order chi connectivity index (χ1) is 6.84. The van der Waals surface area contributed by atoms with Gasteiger partial charge in [0.25, 0.3) is 5.88 Å². The first-order valence-corrected chi connectivity index (χ1v) is 4.92. The summed E-state index contributed by atoms with van der Waals surface area (Å²) in [4.78, 5) is 10.6. The van der Waals surface area contributed by atoms with E-state index in [-0.39, 0.29) is 0 Å². The number of likely N-dealkylation sites (N-methyl/N-ethyl adjacent to an activating group) is 1. The number of nitrogens with zero attached hydrogens (tertiary/aromatic N) is 5. The third kappa shape index (κ3) is 1.02. The first kappa shape index (κ1) is 7.86. The maximum absolute atomic E-state index is 5.39. The lowest BCUT2D eigenvalue weighted by molar-refractivity contribution is 0.297. The topological polar surface area (TPSA) is 64.0 Å². The van der Waals surface area contributed by atoms with Crippen LogP contribution in [-0.4, -0.2) is 38.9 Å². The highest BCUT2D eigenvalue weighted by Crippen LogP contribution is 2.27. The van der Waals surface area contributed by atoms with Gasteiger partial charge in [0, 0.05) is 7.05 Å². The standard InChI is InChI=1S/C7H7N5OS/c1-12-2-3-13-7-6(12)8-4-5(9-7)11-14-10-4/h2-3H2,1H3. The molecule has 0 N–H and O–H groups in total. The second-order valence-electron chi connectivity index (χ2n) is 3.03. The third-order valence-corrected chi connectivity index (χ3v) is 2.60. The lowest BCUT2D eigenvalue weighted by Crippen LogP contribution is -2.30. The van der Waals surface area contributed by atoms with Crippen LogP contribution < -0.4 is 9.64 Å². The predicted molar refractivity (Wildman–Crippen MR) is 51.8 cm³/mol. The smallest absolute Gasteiger partial charge is 0.259 e. The minimum absolute atomic E-state index is 0.555. The van der Waals surface area contributed by atoms with Crippen LogP contribution >= 0.6 is 11.7 Å². The van der Waals surface area contributed by atoms with Crippen LogP contribution in [0.5, 0.6) is 5.88 Å². The van der Waals surface area contributed by atoms with Crippen molar-refractivity contribution in [1.29, 1.82) is 0 Å². The first-order valence-electron chi connectivity index (χ1n) is 4.19. The summed E-state index contributed by atoms with van der Waals surface area (Å²) in [5, 5.41) is 0. The molecule has 1 aliphatic rings. The Morgan fingerprint density at radius 3 is 2.93 bits per heavy atom. The van der Waals surface area contributed by atoms with Crippen LogP contribution in [0.2, 0.25) is 0 Å². The molecule has 0 aliphatic carbocycles. The van der Waals surface area contributed by atoms with Gasteiger partial charge in [-0.2, -0.15) is 13.7 Å². The second-order valence-corrected chi connectivity index (χ2v) is 3.56. The molecule has 3 heterocycles. The van der Waals surface area contributed by atoms with E-state index >= 15 is 0 Å². The van der Waals surface area contributed by atoms with Gasteiger partial charge in [-0.3, -0.25) is 0 Å². The fourth-order valence-electron chi connectivity index (χ4n) is 1.35. The molecule has 0 saturated heterocycles. The zero-order chi connectivity index (χ0) is 9.54. The Bertz CT molecular complexity index is 484. The van der Waals surface area contributed by atoms with Crippen molar-refractivity contribution in [2.24, 2.45) is 0 Å². The fourth-order valence-corrected chi connectivity index (χ4v) is 1.79. The number of hydrogen-bond acceptors (Lipinski definition) is 7. The highest BCUT2D eigenvalue weighted by molar-refractivity contribution is 6.99. The average Bonchev–Trinajstić information content (AvgIpc) is 2.62. The molecule has 0 bridgehead atoms. The molecule has 1 aliphatic heterocycles. The minimum Gasteiger partial charge on any atom is -0.473 e. The van der Waals surface area contributed by atoms with Crippen LogP contribution in [-0.2, 0) is 0 Å². The summed E-state index contributed by atoms with van der Waals surface area (Å²) in [7, 11) is 1.96. The quantitative estimate of drug-likeness (QED) is 0.622. The zero-order valence-corrected chi connectivity index (χ0v) is 8.28. The van der Waals surface area contributed by atoms with Gasteiger partial charge in [-0.25, -0.2) is 4.98 Å². The van der Waals surface area contributed by atoms with Crippen molar-refractivity contribution in [3.63, 3.8) is 0 Å². The summed E-state index contributed by atoms with van der Waals surface area (Å²) < 4.78 is 13.4. The molecular weight excluding hydrogens is 202 g/mol. The van der Waals surface area contributed by atoms with Crippen LogP contribution in [0.25, 0.3) is 11.3 Å². The van der Waals surface area contributed by atoms with E-state index < -0.39 is 0 Å². The van der Waals surface area contributed by atoms with Crippen molar-refractivity contribution in [1.82, 2.24) is 18.7 Å². The van der Waals surface area contributed by atoms with Crippen molar-refractivity contribution < 1.29 is 4.74 Å². The van der Waals surface area contributed by atoms with Gasteiger partial charge in [0.1, 0.15) is 6.61 Å². The maximum atomic E-state index is 5.39. The Hall–Kier alpha value is -1.50. The number of rotatable bonds is 0. The van der Waals surface area contributed by atoms with Crippen molar-refractivity contribution in [3.05, 3.63) is 0 Å². The average molecular weight is 209 g/mol. The fraction of sp³-hybridized carbons (Fsp3) is 0.429. The van der Waals surface area contributed by atoms with E-state index in [4.69, 9.17) is 4.74 Å². The number of aromatic nitrogens is 4. The molecule has 0 radical (unpaired) electrons. The van der Waals surface area contributed by atoms with Crippen LogP contribution in [0.15, 0.2) is 0 Å². The van der Waals surface area contributed by atoms with Crippen LogP contribution in [0, 0.1) is 0 Å². The van der Waals surface area contributed by atoms with Gasteiger partial charge >= 0.3 is 0 Å². The van der Waals surface area contributed by atoms with Gasteiger partial charge in [0.05, 0.1) is 18.3 Å². The molecular formula is C7H7N5OS. The van der Waals surface area contributed by atoms with Crippen molar-refractivity contribution in [3.8, 4) is 5.88 Å². The Labute approximate surface area is 83.9 Å². The molecule has 2 aromatic heterocycles. The van der Waals surface area contributed by atoms with Crippen LogP contribution in [0.1, 0.15) is 0 Å². The molecule has 7 heteroatoms. The monoisotopic (exact) mass is 209 g/mol. The third-order valence-electron chi connectivity index (χ3n) is 2.09. The minimum atomic E-state index is 0.555. The normalized spacial score (nSPS) is 15.4. The molecule has 3 rings (SSSR count). The molecule has 14 heavy (non-hydrogen) atoms. The van der Waals surface area contributed by atoms with Gasteiger partial charge in [0.15, 0.2) is 5.82 Å². The number of ether oxygens (including phenoxy) is 1. The molecule has 0 atom stereocenters. The summed E-state index contributed by atoms with van der Waals surface area (Å²) in [6.45, 7) is 1.46. The predicted octanol–water partition coefficient (Wildman–Crippen LogP) is 0.310. The van der Waals surface area contributed by atoms with E-state index in [9.17, 15) is 0 Å². The van der Waals surface area contributed by atoms with E-state index in [1.165, 1.54) is 0 Å². The van der Waals surface area contributed by atoms with E-state index in [1.54, 1.807) is 0 Å². The lowest BCUT2D eigenvalue weighted by Gasteiger charge is -2.24. The van der Waals surface area contributed by atoms with E-state index in [2.05, 4.69) is 18.7 Å². The Morgan fingerprint density at radius 2 is 2.07 bits per heavy atom. The Kier molecular flexibility index (Phi) is 1.54. The van der Waals surface area contributed by atoms with E-state index in [0.29, 0.717) is 23.8 Å². The summed E-state index contributed by atoms with van der Waals surface area (Å²) in [6, 6.07) is 0. The van der Waals surface area contributed by atoms with Crippen molar-refractivity contribution in [2.45, 2.75) is 0 Å². The molecule has 6 nitrogen and oxygen atoms in total. The van der Waals surface area contributed by atoms with E-state index in [0.717, 1.165) is 24.1 Å². The second kappa shape index (κ2) is 2.74. The molecule has 0 fully saturated rings. The highest BCUT2D eigenvalue weighted by Gasteiger charge is 2.20. The van der Waals surface area contributed by atoms with Gasteiger partial charge in [-0.15, -0.1) is 0 Å². The van der Waals surface area contributed by atoms with Crippen molar-refractivity contribution >= 4 is 28.8 Å². The Morgan fingerprint density at radius 1 is 1.29 bits per heavy atom. The van der Waals surface area contributed by atoms with Crippen LogP contribution in [0.4, 0.5) is 5.82 Å². The maximum Gasteiger partial charge on any atom is 0.259 e. The number of hydrogen-bond donors (Lipinski definition) is 0. The summed E-state index contributed by atoms with van der Waals surface area (Å²) in [5.74, 6) is 1.30. The molecule has 0 unspecified atom stereocenters. The molecule has 2 aromatic rings. The molecule has 72 valence electrons. The highest BCUT2D eigenvalue weighted by atomic mass is 32.1. The van der Waals surface area contributed by atoms with Gasteiger partial charge < -0.3 is 9.64 Å². The summed E-state index contributed by atoms with van der Waals surface area (Å²) in [5.41, 5.74) is 1.15. The summed E-state index contributed by atoms with van der Waals surface area (Å²) in [6.07, 6.45) is 0. The molecule has 0 amide bonds. The van der Waals surface area contributed by atoms with Gasteiger partial charge in [-0.1, -0.05) is 0 Å². The zero-order valence-electron chi connectivity index (χ0n) is 7.47. The van der Waals surface area contributed by atoms with Gasteiger partial charge in [-0.05, 0) is 0 Å². The van der Waals surface area contributed by atoms with E-state index in [1.807, 2.05) is 11.9 Å². The largest absolute Gasteiger partial charge is 0.473 e. The lowest BCUT2D eigenvalue weighted by atomic mass is 10.4. The molecule has 0 aromatic carbocycles. The molecule has 0 spiro atoms. The Balaban J connectivity index is 2.27. The number of fused-ring (bicyclic) bond motifs is 2.